The van der Waals surface area contributed by atoms with Gasteiger partial charge in [0.15, 0.2) is 0 Å². The second-order valence-corrected chi connectivity index (χ2v) is 2.96. The number of benzene rings is 1. The van der Waals surface area contributed by atoms with Gasteiger partial charge in [0.1, 0.15) is 11.6 Å². The number of hydrogen-bond donors (Lipinski definition) is 1. The molecule has 0 unspecified atom stereocenters. The molecule has 1 aromatic rings. The molecule has 0 spiro atoms. The average molecular weight is 200 g/mol. The van der Waals surface area contributed by atoms with Gasteiger partial charge in [0, 0.05) is 6.42 Å². The molecule has 0 aliphatic rings. The summed E-state index contributed by atoms with van der Waals surface area (Å²) in [5, 5.41) is 17.6. The van der Waals surface area contributed by atoms with Gasteiger partial charge in [-0.3, -0.25) is 0 Å². The van der Waals surface area contributed by atoms with Gasteiger partial charge in [-0.05, 0) is 24.1 Å². The van der Waals surface area contributed by atoms with E-state index >= 15 is 0 Å². The molecule has 4 heteroatoms. The van der Waals surface area contributed by atoms with Crippen molar-refractivity contribution in [3.8, 4) is 11.8 Å². The zero-order valence-corrected chi connectivity index (χ0v) is 7.48. The molecule has 0 heterocycles. The first-order valence-electron chi connectivity index (χ1n) is 3.69. The molecule has 1 aromatic carbocycles. The minimum absolute atomic E-state index is 0.0204. The lowest BCUT2D eigenvalue weighted by Crippen LogP contribution is -1.88. The van der Waals surface area contributed by atoms with Gasteiger partial charge >= 0.3 is 0 Å². The van der Waals surface area contributed by atoms with Gasteiger partial charge in [0.05, 0.1) is 11.1 Å². The Hall–Kier alpha value is -1.27. The van der Waals surface area contributed by atoms with Crippen LogP contribution in [0.15, 0.2) is 12.1 Å². The summed E-state index contributed by atoms with van der Waals surface area (Å²) in [5.41, 5.74) is 0.367. The van der Waals surface area contributed by atoms with Crippen molar-refractivity contribution < 1.29 is 9.50 Å². The van der Waals surface area contributed by atoms with E-state index in [0.29, 0.717) is 12.0 Å². The monoisotopic (exact) mass is 199 g/mol. The van der Waals surface area contributed by atoms with Gasteiger partial charge < -0.3 is 5.11 Å². The first kappa shape index (κ1) is 9.82. The fraction of sp³-hybridized carbons (Fsp3) is 0.222. The third-order valence-electron chi connectivity index (χ3n) is 1.61. The molecular formula is C9H7ClFNO. The van der Waals surface area contributed by atoms with Crippen LogP contribution in [0.3, 0.4) is 0 Å². The Morgan fingerprint density at radius 2 is 2.23 bits per heavy atom. The molecule has 0 atom stereocenters. The van der Waals surface area contributed by atoms with Gasteiger partial charge in [0.25, 0.3) is 0 Å². The maximum Gasteiger partial charge on any atom is 0.137 e. The minimum atomic E-state index is -0.504. The van der Waals surface area contributed by atoms with Crippen LogP contribution in [0.1, 0.15) is 12.0 Å². The summed E-state index contributed by atoms with van der Waals surface area (Å²) >= 11 is 5.53. The molecule has 0 amide bonds. The molecule has 13 heavy (non-hydrogen) atoms. The molecule has 0 aliphatic heterocycles. The second-order valence-electron chi connectivity index (χ2n) is 2.55. The SMILES string of the molecule is N#CCCc1cc(F)cc(Cl)c1O. The van der Waals surface area contributed by atoms with Crippen LogP contribution in [0.4, 0.5) is 4.39 Å². The molecule has 0 saturated carbocycles. The van der Waals surface area contributed by atoms with Gasteiger partial charge in [-0.25, -0.2) is 4.39 Å². The van der Waals surface area contributed by atoms with E-state index < -0.39 is 5.82 Å². The van der Waals surface area contributed by atoms with Crippen LogP contribution in [0.25, 0.3) is 0 Å². The lowest BCUT2D eigenvalue weighted by atomic mass is 10.1. The Morgan fingerprint density at radius 1 is 1.54 bits per heavy atom. The maximum atomic E-state index is 12.8. The number of phenols is 1. The summed E-state index contributed by atoms with van der Waals surface area (Å²) in [6, 6.07) is 4.12. The summed E-state index contributed by atoms with van der Waals surface area (Å²) in [5.74, 6) is -0.644. The number of rotatable bonds is 2. The van der Waals surface area contributed by atoms with Crippen molar-refractivity contribution in [2.75, 3.05) is 0 Å². The number of aryl methyl sites for hydroxylation is 1. The summed E-state index contributed by atoms with van der Waals surface area (Å²) in [7, 11) is 0. The van der Waals surface area contributed by atoms with Crippen LogP contribution in [0, 0.1) is 17.1 Å². The summed E-state index contributed by atoms with van der Waals surface area (Å²) < 4.78 is 12.8. The van der Waals surface area contributed by atoms with Crippen molar-refractivity contribution in [1.82, 2.24) is 0 Å². The highest BCUT2D eigenvalue weighted by molar-refractivity contribution is 6.32. The number of phenolic OH excluding ortho intramolecular Hbond substituents is 1. The van der Waals surface area contributed by atoms with E-state index in [4.69, 9.17) is 16.9 Å². The van der Waals surface area contributed by atoms with Crippen LogP contribution in [0.2, 0.25) is 5.02 Å². The molecule has 0 aromatic heterocycles. The second kappa shape index (κ2) is 4.11. The maximum absolute atomic E-state index is 12.8. The lowest BCUT2D eigenvalue weighted by molar-refractivity contribution is 0.466. The highest BCUT2D eigenvalue weighted by atomic mass is 35.5. The van der Waals surface area contributed by atoms with Gasteiger partial charge in [0.2, 0.25) is 0 Å². The molecule has 1 rings (SSSR count). The number of hydrogen-bond acceptors (Lipinski definition) is 2. The van der Waals surface area contributed by atoms with Crippen LogP contribution >= 0.6 is 11.6 Å². The summed E-state index contributed by atoms with van der Waals surface area (Å²) in [6.45, 7) is 0. The van der Waals surface area contributed by atoms with E-state index in [1.807, 2.05) is 6.07 Å². The molecule has 0 aliphatic carbocycles. The average Bonchev–Trinajstić information content (AvgIpc) is 2.09. The van der Waals surface area contributed by atoms with Crippen molar-refractivity contribution in [3.63, 3.8) is 0 Å². The predicted octanol–water partition coefficient (Wildman–Crippen LogP) is 2.64. The smallest absolute Gasteiger partial charge is 0.137 e. The lowest BCUT2D eigenvalue weighted by Gasteiger charge is -2.03. The molecular weight excluding hydrogens is 193 g/mol. The Morgan fingerprint density at radius 3 is 2.85 bits per heavy atom. The number of nitrogens with zero attached hydrogens (tertiary/aromatic N) is 1. The zero-order valence-electron chi connectivity index (χ0n) is 6.72. The Bertz CT molecular complexity index is 359. The van der Waals surface area contributed by atoms with E-state index in [9.17, 15) is 9.50 Å². The Kier molecular flexibility index (Phi) is 3.10. The van der Waals surface area contributed by atoms with Crippen molar-refractivity contribution in [3.05, 3.63) is 28.5 Å². The zero-order chi connectivity index (χ0) is 9.84. The molecule has 0 bridgehead atoms. The molecule has 2 nitrogen and oxygen atoms in total. The third-order valence-corrected chi connectivity index (χ3v) is 1.90. The molecule has 68 valence electrons. The van der Waals surface area contributed by atoms with E-state index in [1.165, 1.54) is 6.07 Å². The fourth-order valence-electron chi connectivity index (χ4n) is 1.00. The van der Waals surface area contributed by atoms with Crippen LogP contribution in [0.5, 0.6) is 5.75 Å². The van der Waals surface area contributed by atoms with Crippen LogP contribution < -0.4 is 0 Å². The predicted molar refractivity (Wildman–Crippen MR) is 47.0 cm³/mol. The summed E-state index contributed by atoms with van der Waals surface area (Å²) in [4.78, 5) is 0. The topological polar surface area (TPSA) is 44.0 Å². The molecule has 0 radical (unpaired) electrons. The molecule has 0 saturated heterocycles. The van der Waals surface area contributed by atoms with Gasteiger partial charge in [-0.2, -0.15) is 5.26 Å². The Balaban J connectivity index is 3.00. The van der Waals surface area contributed by atoms with E-state index in [2.05, 4.69) is 0 Å². The van der Waals surface area contributed by atoms with Crippen molar-refractivity contribution in [1.29, 1.82) is 5.26 Å². The van der Waals surface area contributed by atoms with Crippen molar-refractivity contribution >= 4 is 11.6 Å². The van der Waals surface area contributed by atoms with Gasteiger partial charge in [-0.15, -0.1) is 0 Å². The van der Waals surface area contributed by atoms with E-state index in [1.54, 1.807) is 0 Å². The van der Waals surface area contributed by atoms with E-state index in [0.717, 1.165) is 6.07 Å². The Labute approximate surface area is 80.2 Å². The molecule has 0 fully saturated rings. The normalized spacial score (nSPS) is 9.62. The quantitative estimate of drug-likeness (QED) is 0.796. The highest BCUT2D eigenvalue weighted by Crippen LogP contribution is 2.29. The van der Waals surface area contributed by atoms with Crippen LogP contribution in [-0.4, -0.2) is 5.11 Å². The first-order chi connectivity index (χ1) is 6.15. The fourth-order valence-corrected chi connectivity index (χ4v) is 1.23. The van der Waals surface area contributed by atoms with Crippen molar-refractivity contribution in [2.24, 2.45) is 0 Å². The van der Waals surface area contributed by atoms with E-state index in [-0.39, 0.29) is 17.2 Å². The number of nitriles is 1. The first-order valence-corrected chi connectivity index (χ1v) is 4.06. The third kappa shape index (κ3) is 2.33. The largest absolute Gasteiger partial charge is 0.506 e. The van der Waals surface area contributed by atoms with Crippen LogP contribution in [-0.2, 0) is 6.42 Å². The standard InChI is InChI=1S/C9H7ClFNO/c10-8-5-7(11)4-6(9(8)13)2-1-3-12/h4-5,13H,1-2H2. The number of aromatic hydroxyl groups is 1. The number of halogens is 2. The molecule has 1 N–H and O–H groups in total. The minimum Gasteiger partial charge on any atom is -0.506 e. The van der Waals surface area contributed by atoms with Gasteiger partial charge in [-0.1, -0.05) is 11.6 Å². The highest BCUT2D eigenvalue weighted by Gasteiger charge is 2.07. The summed E-state index contributed by atoms with van der Waals surface area (Å²) in [6.07, 6.45) is 0.535. The van der Waals surface area contributed by atoms with Crippen molar-refractivity contribution in [2.45, 2.75) is 12.8 Å².